The number of aryl methyl sites for hydroxylation is 1. The van der Waals surface area contributed by atoms with Crippen molar-refractivity contribution in [3.63, 3.8) is 0 Å². The number of esters is 5. The van der Waals surface area contributed by atoms with Gasteiger partial charge in [0.25, 0.3) is 0 Å². The van der Waals surface area contributed by atoms with E-state index < -0.39 is 66.8 Å². The molecule has 4 atom stereocenters. The highest BCUT2D eigenvalue weighted by Crippen LogP contribution is 2.26. The quantitative estimate of drug-likeness (QED) is 0.147. The van der Waals surface area contributed by atoms with Gasteiger partial charge in [-0.15, -0.1) is 0 Å². The van der Waals surface area contributed by atoms with Gasteiger partial charge in [-0.2, -0.15) is 10.1 Å². The summed E-state index contributed by atoms with van der Waals surface area (Å²) in [5.74, 6) is -4.80. The number of nitrogens with zero attached hydrogens (tertiary/aromatic N) is 3. The van der Waals surface area contributed by atoms with Crippen LogP contribution in [0, 0.1) is 6.92 Å². The standard InChI is InChI=1S/C28H32ClN3O11/c1-14-10-26(31-23-11-21(29)8-9-22(14)23)32(15(2)33)30-12-24(40-17(4)35)27(42-19(6)37)28(43-20(7)38)25(41-18(5)36)13-39-16(3)34/h8-12,24-25,27-28H,13H2,1-7H3/b30-12+/t24-,25+,27+,28-/m0/s1. The SMILES string of the molecule is CC(=O)OC[C@@H](OC(C)=O)[C@H](OC(C)=O)[C@H](OC(C)=O)[C@H](/C=N/N(C(C)=O)c1cc(C)c2ccc(Cl)cc2n1)OC(C)=O. The summed E-state index contributed by atoms with van der Waals surface area (Å²) in [6, 6.07) is 6.67. The number of ether oxygens (including phenoxy) is 5. The van der Waals surface area contributed by atoms with E-state index >= 15 is 0 Å². The van der Waals surface area contributed by atoms with Gasteiger partial charge in [-0.05, 0) is 30.7 Å². The van der Waals surface area contributed by atoms with Crippen molar-refractivity contribution < 1.29 is 52.5 Å². The van der Waals surface area contributed by atoms with Crippen LogP contribution in [0.2, 0.25) is 5.02 Å². The van der Waals surface area contributed by atoms with Crippen LogP contribution in [0.15, 0.2) is 29.4 Å². The summed E-state index contributed by atoms with van der Waals surface area (Å²) in [6.07, 6.45) is -5.55. The fraction of sp³-hybridized carbons (Fsp3) is 0.429. The highest BCUT2D eigenvalue weighted by Gasteiger charge is 2.43. The van der Waals surface area contributed by atoms with E-state index in [2.05, 4.69) is 10.1 Å². The minimum absolute atomic E-state index is 0.0887. The Morgan fingerprint density at radius 1 is 0.837 bits per heavy atom. The maximum absolute atomic E-state index is 12.7. The Morgan fingerprint density at radius 2 is 1.42 bits per heavy atom. The van der Waals surface area contributed by atoms with Crippen LogP contribution in [0.1, 0.15) is 47.1 Å². The number of aromatic nitrogens is 1. The van der Waals surface area contributed by atoms with E-state index in [0.717, 1.165) is 56.8 Å². The molecule has 0 radical (unpaired) electrons. The monoisotopic (exact) mass is 621 g/mol. The Labute approximate surface area is 252 Å². The minimum Gasteiger partial charge on any atom is -0.462 e. The van der Waals surface area contributed by atoms with Crippen molar-refractivity contribution in [2.24, 2.45) is 5.10 Å². The molecule has 1 aromatic heterocycles. The van der Waals surface area contributed by atoms with Crippen LogP contribution in [-0.4, -0.2) is 78.0 Å². The Morgan fingerprint density at radius 3 is 1.95 bits per heavy atom. The average Bonchev–Trinajstić information content (AvgIpc) is 2.86. The fourth-order valence-electron chi connectivity index (χ4n) is 3.94. The van der Waals surface area contributed by atoms with E-state index in [-0.39, 0.29) is 5.82 Å². The van der Waals surface area contributed by atoms with Crippen LogP contribution in [0.25, 0.3) is 10.9 Å². The summed E-state index contributed by atoms with van der Waals surface area (Å²) in [7, 11) is 0. The van der Waals surface area contributed by atoms with Gasteiger partial charge in [0.05, 0.1) is 11.7 Å². The third-order valence-corrected chi connectivity index (χ3v) is 5.73. The molecule has 15 heteroatoms. The average molecular weight is 622 g/mol. The summed E-state index contributed by atoms with van der Waals surface area (Å²) in [4.78, 5) is 76.9. The molecule has 0 saturated carbocycles. The molecule has 1 aromatic carbocycles. The summed E-state index contributed by atoms with van der Waals surface area (Å²) < 4.78 is 26.3. The molecular weight excluding hydrogens is 590 g/mol. The molecular formula is C28H32ClN3O11. The summed E-state index contributed by atoms with van der Waals surface area (Å²) in [5, 5.41) is 6.26. The summed E-state index contributed by atoms with van der Waals surface area (Å²) >= 11 is 6.12. The zero-order chi connectivity index (χ0) is 32.4. The van der Waals surface area contributed by atoms with E-state index in [1.807, 2.05) is 0 Å². The fourth-order valence-corrected chi connectivity index (χ4v) is 4.11. The number of benzene rings is 1. The molecule has 43 heavy (non-hydrogen) atoms. The minimum atomic E-state index is -1.70. The molecule has 1 amide bonds. The zero-order valence-corrected chi connectivity index (χ0v) is 25.4. The number of carbonyl (C=O) groups is 6. The molecule has 0 N–H and O–H groups in total. The number of fused-ring (bicyclic) bond motifs is 1. The number of rotatable bonds is 12. The number of hydrazone groups is 1. The van der Waals surface area contributed by atoms with Crippen LogP contribution in [0.3, 0.4) is 0 Å². The number of hydrogen-bond acceptors (Lipinski definition) is 13. The molecule has 0 bridgehead atoms. The number of halogens is 1. The molecule has 0 aliphatic carbocycles. The first-order valence-corrected chi connectivity index (χ1v) is 13.2. The van der Waals surface area contributed by atoms with Gasteiger partial charge in [0.2, 0.25) is 5.91 Å². The molecule has 1 heterocycles. The third-order valence-electron chi connectivity index (χ3n) is 5.50. The Balaban J connectivity index is 2.67. The first-order valence-electron chi connectivity index (χ1n) is 12.8. The van der Waals surface area contributed by atoms with E-state index in [9.17, 15) is 28.8 Å². The summed E-state index contributed by atoms with van der Waals surface area (Å²) in [5.41, 5.74) is 1.22. The predicted octanol–water partition coefficient (Wildman–Crippen LogP) is 2.83. The molecule has 0 unspecified atom stereocenters. The maximum Gasteiger partial charge on any atom is 0.303 e. The van der Waals surface area contributed by atoms with Crippen molar-refractivity contribution in [2.45, 2.75) is 72.9 Å². The van der Waals surface area contributed by atoms with E-state index in [4.69, 9.17) is 35.3 Å². The van der Waals surface area contributed by atoms with Gasteiger partial charge in [0, 0.05) is 52.0 Å². The predicted molar refractivity (Wildman–Crippen MR) is 152 cm³/mol. The lowest BCUT2D eigenvalue weighted by Crippen LogP contribution is -2.53. The number of hydrogen-bond donors (Lipinski definition) is 0. The topological polar surface area (TPSA) is 177 Å². The lowest BCUT2D eigenvalue weighted by molar-refractivity contribution is -0.197. The molecule has 14 nitrogen and oxygen atoms in total. The first-order chi connectivity index (χ1) is 20.1. The highest BCUT2D eigenvalue weighted by atomic mass is 35.5. The number of pyridine rings is 1. The second-order valence-electron chi connectivity index (χ2n) is 9.23. The zero-order valence-electron chi connectivity index (χ0n) is 24.6. The number of amides is 1. The van der Waals surface area contributed by atoms with E-state index in [0.29, 0.717) is 10.5 Å². The van der Waals surface area contributed by atoms with Crippen LogP contribution >= 0.6 is 11.6 Å². The molecule has 0 fully saturated rings. The second kappa shape index (κ2) is 15.6. The molecule has 0 saturated heterocycles. The van der Waals surface area contributed by atoms with Crippen molar-refractivity contribution in [2.75, 3.05) is 11.6 Å². The van der Waals surface area contributed by atoms with Crippen LogP contribution in [0.5, 0.6) is 0 Å². The number of carbonyl (C=O) groups excluding carboxylic acids is 6. The van der Waals surface area contributed by atoms with Crippen molar-refractivity contribution in [1.82, 2.24) is 4.98 Å². The smallest absolute Gasteiger partial charge is 0.303 e. The van der Waals surface area contributed by atoms with Crippen LogP contribution in [-0.2, 0) is 52.5 Å². The Hall–Kier alpha value is -4.59. The van der Waals surface area contributed by atoms with Gasteiger partial charge < -0.3 is 23.7 Å². The molecule has 0 aliphatic rings. The van der Waals surface area contributed by atoms with Crippen LogP contribution < -0.4 is 5.01 Å². The van der Waals surface area contributed by atoms with Crippen LogP contribution in [0.4, 0.5) is 5.82 Å². The molecule has 2 rings (SSSR count). The van der Waals surface area contributed by atoms with Crippen molar-refractivity contribution in [3.05, 3.63) is 34.9 Å². The van der Waals surface area contributed by atoms with E-state index in [1.165, 1.54) is 6.92 Å². The lowest BCUT2D eigenvalue weighted by atomic mass is 10.0. The first kappa shape index (κ1) is 34.6. The highest BCUT2D eigenvalue weighted by molar-refractivity contribution is 6.31. The van der Waals surface area contributed by atoms with Crippen molar-refractivity contribution in [3.8, 4) is 0 Å². The molecule has 232 valence electrons. The lowest BCUT2D eigenvalue weighted by Gasteiger charge is -2.34. The van der Waals surface area contributed by atoms with Gasteiger partial charge in [0.15, 0.2) is 30.2 Å². The van der Waals surface area contributed by atoms with Gasteiger partial charge in [-0.1, -0.05) is 17.7 Å². The molecule has 2 aromatic rings. The van der Waals surface area contributed by atoms with E-state index in [1.54, 1.807) is 31.2 Å². The maximum atomic E-state index is 12.7. The molecule has 0 spiro atoms. The summed E-state index contributed by atoms with van der Waals surface area (Å²) in [6.45, 7) is 7.64. The van der Waals surface area contributed by atoms with Gasteiger partial charge >= 0.3 is 29.8 Å². The van der Waals surface area contributed by atoms with Gasteiger partial charge in [-0.25, -0.2) is 4.98 Å². The molecule has 0 aliphatic heterocycles. The van der Waals surface area contributed by atoms with Crippen molar-refractivity contribution >= 4 is 70.3 Å². The second-order valence-corrected chi connectivity index (χ2v) is 9.66. The van der Waals surface area contributed by atoms with Gasteiger partial charge in [0.1, 0.15) is 6.61 Å². The largest absolute Gasteiger partial charge is 0.462 e. The van der Waals surface area contributed by atoms with Crippen molar-refractivity contribution in [1.29, 1.82) is 0 Å². The third kappa shape index (κ3) is 10.6. The Bertz CT molecular complexity index is 1430. The normalized spacial score (nSPS) is 13.8. The Kier molecular flexibility index (Phi) is 12.5. The van der Waals surface area contributed by atoms with Gasteiger partial charge in [-0.3, -0.25) is 28.8 Å². The number of anilines is 1.